The summed E-state index contributed by atoms with van der Waals surface area (Å²) >= 11 is 0. The average Bonchev–Trinajstić information content (AvgIpc) is 3.35. The van der Waals surface area contributed by atoms with Crippen LogP contribution in [0.25, 0.3) is 0 Å². The van der Waals surface area contributed by atoms with Crippen molar-refractivity contribution in [2.45, 2.75) is 64.3 Å². The molecular weight excluding hydrogens is 300 g/mol. The normalized spacial score (nSPS) is 23.0. The largest absolute Gasteiger partial charge is 0.349 e. The maximum atomic E-state index is 12.6. The van der Waals surface area contributed by atoms with E-state index in [4.69, 9.17) is 0 Å². The predicted octanol–water partition coefficient (Wildman–Crippen LogP) is 4.12. The van der Waals surface area contributed by atoms with Crippen LogP contribution in [0.2, 0.25) is 0 Å². The summed E-state index contributed by atoms with van der Waals surface area (Å²) in [6.07, 6.45) is 9.12. The highest BCUT2D eigenvalue weighted by molar-refractivity contribution is 5.98. The van der Waals surface area contributed by atoms with Crippen molar-refractivity contribution in [3.05, 3.63) is 29.8 Å². The molecular formula is C20H28N2O2. The summed E-state index contributed by atoms with van der Waals surface area (Å²) in [6.45, 7) is 2.21. The van der Waals surface area contributed by atoms with Gasteiger partial charge in [0.2, 0.25) is 5.91 Å². The van der Waals surface area contributed by atoms with Crippen molar-refractivity contribution in [2.24, 2.45) is 11.8 Å². The Labute approximate surface area is 144 Å². The van der Waals surface area contributed by atoms with Crippen molar-refractivity contribution in [1.82, 2.24) is 5.32 Å². The van der Waals surface area contributed by atoms with Crippen molar-refractivity contribution in [3.63, 3.8) is 0 Å². The Kier molecular flexibility index (Phi) is 5.54. The summed E-state index contributed by atoms with van der Waals surface area (Å²) in [5.74, 6) is 0.834. The zero-order chi connectivity index (χ0) is 16.9. The molecule has 2 atom stereocenters. The Balaban J connectivity index is 1.58. The first-order valence-corrected chi connectivity index (χ1v) is 9.39. The summed E-state index contributed by atoms with van der Waals surface area (Å²) in [6, 6.07) is 7.58. The Morgan fingerprint density at radius 1 is 1.17 bits per heavy atom. The van der Waals surface area contributed by atoms with Gasteiger partial charge in [0.15, 0.2) is 0 Å². The molecule has 130 valence electrons. The number of nitrogens with one attached hydrogen (secondary N) is 2. The zero-order valence-electron chi connectivity index (χ0n) is 14.5. The van der Waals surface area contributed by atoms with Gasteiger partial charge in [-0.3, -0.25) is 9.59 Å². The van der Waals surface area contributed by atoms with E-state index < -0.39 is 0 Å². The lowest BCUT2D eigenvalue weighted by Crippen LogP contribution is -2.37. The first kappa shape index (κ1) is 17.0. The van der Waals surface area contributed by atoms with Gasteiger partial charge in [-0.05, 0) is 56.2 Å². The van der Waals surface area contributed by atoms with Crippen LogP contribution in [0.1, 0.15) is 68.6 Å². The van der Waals surface area contributed by atoms with E-state index in [0.29, 0.717) is 23.2 Å². The predicted molar refractivity (Wildman–Crippen MR) is 95.9 cm³/mol. The van der Waals surface area contributed by atoms with E-state index in [1.807, 2.05) is 18.2 Å². The number of anilines is 1. The second-order valence-corrected chi connectivity index (χ2v) is 7.26. The van der Waals surface area contributed by atoms with Crippen LogP contribution in [0.4, 0.5) is 5.69 Å². The third-order valence-electron chi connectivity index (χ3n) is 5.24. The smallest absolute Gasteiger partial charge is 0.251 e. The maximum absolute atomic E-state index is 12.6. The highest BCUT2D eigenvalue weighted by Gasteiger charge is 2.30. The Morgan fingerprint density at radius 2 is 2.00 bits per heavy atom. The van der Waals surface area contributed by atoms with Crippen molar-refractivity contribution in [1.29, 1.82) is 0 Å². The number of hydrogen-bond donors (Lipinski definition) is 2. The third-order valence-corrected chi connectivity index (χ3v) is 5.24. The highest BCUT2D eigenvalue weighted by Crippen LogP contribution is 2.31. The van der Waals surface area contributed by atoms with Crippen LogP contribution < -0.4 is 10.6 Å². The molecule has 0 bridgehead atoms. The minimum atomic E-state index is -0.0223. The quantitative estimate of drug-likeness (QED) is 0.791. The van der Waals surface area contributed by atoms with E-state index >= 15 is 0 Å². The van der Waals surface area contributed by atoms with Crippen LogP contribution in [0.3, 0.4) is 0 Å². The summed E-state index contributed by atoms with van der Waals surface area (Å²) < 4.78 is 0. The molecule has 0 aliphatic heterocycles. The fraction of sp³-hybridized carbons (Fsp3) is 0.600. The zero-order valence-corrected chi connectivity index (χ0v) is 14.5. The minimum Gasteiger partial charge on any atom is -0.349 e. The number of carbonyl (C=O) groups is 2. The van der Waals surface area contributed by atoms with Gasteiger partial charge < -0.3 is 10.6 Å². The topological polar surface area (TPSA) is 58.2 Å². The number of amides is 2. The van der Waals surface area contributed by atoms with Gasteiger partial charge in [-0.15, -0.1) is 0 Å². The first-order valence-electron chi connectivity index (χ1n) is 9.39. The molecule has 1 aromatic carbocycles. The molecule has 1 aromatic rings. The van der Waals surface area contributed by atoms with Crippen molar-refractivity contribution in [2.75, 3.05) is 5.32 Å². The number of rotatable bonds is 7. The monoisotopic (exact) mass is 328 g/mol. The molecule has 0 spiro atoms. The molecule has 4 heteroatoms. The van der Waals surface area contributed by atoms with Gasteiger partial charge in [0.25, 0.3) is 5.91 Å². The molecule has 4 nitrogen and oxygen atoms in total. The maximum Gasteiger partial charge on any atom is 0.251 e. The van der Waals surface area contributed by atoms with Gasteiger partial charge in [0, 0.05) is 23.2 Å². The van der Waals surface area contributed by atoms with Gasteiger partial charge >= 0.3 is 0 Å². The second-order valence-electron chi connectivity index (χ2n) is 7.26. The van der Waals surface area contributed by atoms with Crippen molar-refractivity contribution in [3.8, 4) is 0 Å². The molecule has 2 unspecified atom stereocenters. The number of hydrogen-bond acceptors (Lipinski definition) is 2. The molecule has 2 N–H and O–H groups in total. The molecule has 3 rings (SSSR count). The fourth-order valence-corrected chi connectivity index (χ4v) is 3.62. The molecule has 2 fully saturated rings. The Hall–Kier alpha value is -1.84. The molecule has 24 heavy (non-hydrogen) atoms. The molecule has 0 heterocycles. The van der Waals surface area contributed by atoms with E-state index in [-0.39, 0.29) is 17.7 Å². The van der Waals surface area contributed by atoms with Crippen LogP contribution in [0, 0.1) is 11.8 Å². The van der Waals surface area contributed by atoms with Gasteiger partial charge in [0.05, 0.1) is 0 Å². The van der Waals surface area contributed by atoms with Crippen LogP contribution >= 0.6 is 0 Å². The van der Waals surface area contributed by atoms with Gasteiger partial charge in [-0.25, -0.2) is 0 Å². The molecule has 2 aliphatic carbocycles. The second kappa shape index (κ2) is 7.82. The van der Waals surface area contributed by atoms with E-state index in [9.17, 15) is 9.59 Å². The number of carbonyl (C=O) groups excluding carboxylic acids is 2. The van der Waals surface area contributed by atoms with Gasteiger partial charge in [0.1, 0.15) is 0 Å². The number of unbranched alkanes of at least 4 members (excludes halogenated alkanes) is 1. The first-order chi connectivity index (χ1) is 11.7. The van der Waals surface area contributed by atoms with Crippen LogP contribution in [-0.4, -0.2) is 17.9 Å². The molecule has 2 aliphatic rings. The lowest BCUT2D eigenvalue weighted by atomic mass is 9.96. The highest BCUT2D eigenvalue weighted by atomic mass is 16.2. The van der Waals surface area contributed by atoms with E-state index in [1.165, 1.54) is 32.1 Å². The summed E-state index contributed by atoms with van der Waals surface area (Å²) in [5.41, 5.74) is 1.35. The lowest BCUT2D eigenvalue weighted by molar-refractivity contribution is -0.117. The fourth-order valence-electron chi connectivity index (χ4n) is 3.62. The minimum absolute atomic E-state index is 0.0223. The molecule has 0 aromatic heterocycles. The van der Waals surface area contributed by atoms with Crippen LogP contribution in [-0.2, 0) is 4.79 Å². The van der Waals surface area contributed by atoms with E-state index in [2.05, 4.69) is 17.6 Å². The van der Waals surface area contributed by atoms with E-state index in [1.54, 1.807) is 6.07 Å². The van der Waals surface area contributed by atoms with E-state index in [0.717, 1.165) is 19.3 Å². The standard InChI is InChI=1S/C20H28N2O2/c1-2-3-6-14-7-5-10-18(14)22-20(24)16-8-4-9-17(13-16)21-19(23)15-11-12-15/h4,8-9,13-15,18H,2-3,5-7,10-12H2,1H3,(H,21,23)(H,22,24). The Morgan fingerprint density at radius 3 is 2.75 bits per heavy atom. The molecule has 2 amide bonds. The Bertz CT molecular complexity index is 595. The summed E-state index contributed by atoms with van der Waals surface area (Å²) in [5, 5.41) is 6.13. The third kappa shape index (κ3) is 4.37. The number of benzene rings is 1. The average molecular weight is 328 g/mol. The molecule has 2 saturated carbocycles. The van der Waals surface area contributed by atoms with Gasteiger partial charge in [-0.1, -0.05) is 32.3 Å². The molecule has 0 saturated heterocycles. The van der Waals surface area contributed by atoms with Crippen LogP contribution in [0.15, 0.2) is 24.3 Å². The molecule has 0 radical (unpaired) electrons. The summed E-state index contributed by atoms with van der Waals surface area (Å²) in [7, 11) is 0. The lowest BCUT2D eigenvalue weighted by Gasteiger charge is -2.21. The van der Waals surface area contributed by atoms with Crippen LogP contribution in [0.5, 0.6) is 0 Å². The van der Waals surface area contributed by atoms with Crippen molar-refractivity contribution >= 4 is 17.5 Å². The SMILES string of the molecule is CCCCC1CCCC1NC(=O)c1cccc(NC(=O)C2CC2)c1. The summed E-state index contributed by atoms with van der Waals surface area (Å²) in [4.78, 5) is 24.4. The van der Waals surface area contributed by atoms with Gasteiger partial charge in [-0.2, -0.15) is 0 Å². The van der Waals surface area contributed by atoms with Crippen molar-refractivity contribution < 1.29 is 9.59 Å².